The van der Waals surface area contributed by atoms with Crippen LogP contribution in [-0.4, -0.2) is 24.0 Å². The first kappa shape index (κ1) is 21.0. The summed E-state index contributed by atoms with van der Waals surface area (Å²) < 4.78 is 19.4. The summed E-state index contributed by atoms with van der Waals surface area (Å²) in [6.07, 6.45) is 5.49. The van der Waals surface area contributed by atoms with Gasteiger partial charge in [0.25, 0.3) is 0 Å². The summed E-state index contributed by atoms with van der Waals surface area (Å²) in [6, 6.07) is 8.36. The zero-order chi connectivity index (χ0) is 19.7. The van der Waals surface area contributed by atoms with Gasteiger partial charge in [-0.15, -0.1) is 12.4 Å². The molecule has 0 atom stereocenters. The molecular formula is C21H20Cl2FN3O2. The summed E-state index contributed by atoms with van der Waals surface area (Å²) in [7, 11) is 0. The number of carbonyl (C=O) groups is 1. The number of hydrogen-bond donors (Lipinski definition) is 3. The van der Waals surface area contributed by atoms with Crippen LogP contribution >= 0.6 is 24.0 Å². The monoisotopic (exact) mass is 435 g/mol. The summed E-state index contributed by atoms with van der Waals surface area (Å²) in [5.74, 6) is -1.05. The third-order valence-corrected chi connectivity index (χ3v) is 5.04. The van der Waals surface area contributed by atoms with Gasteiger partial charge in [-0.05, 0) is 54.8 Å². The lowest BCUT2D eigenvalue weighted by Gasteiger charge is -2.21. The largest absolute Gasteiger partial charge is 0.484 e. The number of H-pyrrole nitrogens is 1. The third-order valence-electron chi connectivity index (χ3n) is 4.81. The molecule has 0 saturated carbocycles. The number of ether oxygens (including phenoxy) is 1. The van der Waals surface area contributed by atoms with E-state index in [1.807, 2.05) is 24.4 Å². The Bertz CT molecular complexity index is 1090. The van der Waals surface area contributed by atoms with Crippen LogP contribution in [0.5, 0.6) is 5.75 Å². The van der Waals surface area contributed by atoms with Crippen molar-refractivity contribution < 1.29 is 13.9 Å². The maximum Gasteiger partial charge on any atom is 0.249 e. The Labute approximate surface area is 178 Å². The first-order chi connectivity index (χ1) is 13.5. The van der Waals surface area contributed by atoms with E-state index in [4.69, 9.17) is 22.1 Å². The molecule has 2 aromatic carbocycles. The zero-order valence-corrected chi connectivity index (χ0v) is 17.0. The molecule has 1 aliphatic rings. The van der Waals surface area contributed by atoms with E-state index in [-0.39, 0.29) is 30.3 Å². The lowest BCUT2D eigenvalue weighted by Crippen LogP contribution is -2.24. The standard InChI is InChI=1S/C21H19ClFN3O2.ClH/c22-13-3-6-19-16(8-13)12(10-26-19)2-1-7-25-14-9-17-15(21(24)27)4-5-18(23)20(17)28-11-14;/h3-6,8-10,25-26H,1-2,7,11H2,(H2,24,27);1H. The van der Waals surface area contributed by atoms with Crippen molar-refractivity contribution in [2.75, 3.05) is 13.2 Å². The molecule has 8 heteroatoms. The predicted octanol–water partition coefficient (Wildman–Crippen LogP) is 4.44. The van der Waals surface area contributed by atoms with Crippen molar-refractivity contribution in [2.24, 2.45) is 5.73 Å². The van der Waals surface area contributed by atoms with Crippen molar-refractivity contribution in [1.29, 1.82) is 0 Å². The molecule has 152 valence electrons. The van der Waals surface area contributed by atoms with Crippen LogP contribution < -0.4 is 15.8 Å². The summed E-state index contributed by atoms with van der Waals surface area (Å²) in [6.45, 7) is 0.924. The number of aromatic amines is 1. The molecule has 1 aromatic heterocycles. The summed E-state index contributed by atoms with van der Waals surface area (Å²) in [5.41, 5.74) is 9.06. The molecule has 1 amide bonds. The van der Waals surface area contributed by atoms with Crippen LogP contribution in [0.25, 0.3) is 17.0 Å². The number of fused-ring (bicyclic) bond motifs is 2. The Morgan fingerprint density at radius 1 is 1.31 bits per heavy atom. The van der Waals surface area contributed by atoms with Gasteiger partial charge in [0, 0.05) is 39.9 Å². The van der Waals surface area contributed by atoms with Crippen LogP contribution in [-0.2, 0) is 6.42 Å². The smallest absolute Gasteiger partial charge is 0.249 e. The van der Waals surface area contributed by atoms with Crippen LogP contribution in [0.1, 0.15) is 27.9 Å². The highest BCUT2D eigenvalue weighted by atomic mass is 35.5. The number of halogens is 3. The number of aromatic nitrogens is 1. The van der Waals surface area contributed by atoms with Crippen LogP contribution in [0.4, 0.5) is 4.39 Å². The number of nitrogens with two attached hydrogens (primary N) is 1. The van der Waals surface area contributed by atoms with Crippen LogP contribution in [0.2, 0.25) is 5.02 Å². The molecular weight excluding hydrogens is 416 g/mol. The van der Waals surface area contributed by atoms with E-state index < -0.39 is 11.7 Å². The fraction of sp³-hybridized carbons (Fsp3) is 0.190. The second kappa shape index (κ2) is 8.76. The van der Waals surface area contributed by atoms with Crippen LogP contribution in [0, 0.1) is 5.82 Å². The van der Waals surface area contributed by atoms with Gasteiger partial charge in [-0.2, -0.15) is 0 Å². The fourth-order valence-corrected chi connectivity index (χ4v) is 3.60. The SMILES string of the molecule is Cl.NC(=O)c1ccc(F)c2c1C=C(NCCCc1c[nH]c3ccc(Cl)cc13)CO2. The Morgan fingerprint density at radius 3 is 2.93 bits per heavy atom. The fourth-order valence-electron chi connectivity index (χ4n) is 3.43. The van der Waals surface area contributed by atoms with Gasteiger partial charge < -0.3 is 20.8 Å². The molecule has 2 heterocycles. The van der Waals surface area contributed by atoms with Crippen molar-refractivity contribution in [1.82, 2.24) is 10.3 Å². The number of nitrogens with one attached hydrogen (secondary N) is 2. The Morgan fingerprint density at radius 2 is 2.14 bits per heavy atom. The number of hydrogen-bond acceptors (Lipinski definition) is 3. The minimum absolute atomic E-state index is 0. The molecule has 0 fully saturated rings. The van der Waals surface area contributed by atoms with E-state index in [2.05, 4.69) is 10.3 Å². The number of benzene rings is 2. The molecule has 0 bridgehead atoms. The van der Waals surface area contributed by atoms with Crippen molar-refractivity contribution in [3.63, 3.8) is 0 Å². The Hall–Kier alpha value is -2.70. The summed E-state index contributed by atoms with van der Waals surface area (Å²) >= 11 is 6.09. The number of aryl methyl sites for hydroxylation is 1. The first-order valence-corrected chi connectivity index (χ1v) is 9.36. The second-order valence-corrected chi connectivity index (χ2v) is 7.13. The van der Waals surface area contributed by atoms with Crippen molar-refractivity contribution in [2.45, 2.75) is 12.8 Å². The van der Waals surface area contributed by atoms with E-state index in [0.717, 1.165) is 29.4 Å². The van der Waals surface area contributed by atoms with Gasteiger partial charge in [0.1, 0.15) is 6.61 Å². The highest BCUT2D eigenvalue weighted by Gasteiger charge is 2.21. The van der Waals surface area contributed by atoms with Gasteiger partial charge in [-0.3, -0.25) is 4.79 Å². The van der Waals surface area contributed by atoms with Gasteiger partial charge in [-0.1, -0.05) is 11.6 Å². The quantitative estimate of drug-likeness (QED) is 0.500. The topological polar surface area (TPSA) is 80.1 Å². The molecule has 0 unspecified atom stereocenters. The van der Waals surface area contributed by atoms with Gasteiger partial charge in [0.15, 0.2) is 11.6 Å². The van der Waals surface area contributed by atoms with E-state index >= 15 is 0 Å². The van der Waals surface area contributed by atoms with Crippen molar-refractivity contribution in [3.05, 3.63) is 69.8 Å². The molecule has 0 aliphatic carbocycles. The van der Waals surface area contributed by atoms with Crippen LogP contribution in [0.3, 0.4) is 0 Å². The number of rotatable bonds is 6. The van der Waals surface area contributed by atoms with Crippen molar-refractivity contribution >= 4 is 46.9 Å². The lowest BCUT2D eigenvalue weighted by atomic mass is 10.0. The minimum atomic E-state index is -0.615. The first-order valence-electron chi connectivity index (χ1n) is 8.98. The molecule has 3 aromatic rings. The van der Waals surface area contributed by atoms with E-state index in [9.17, 15) is 9.18 Å². The lowest BCUT2D eigenvalue weighted by molar-refractivity contribution is 0.0999. The van der Waals surface area contributed by atoms with E-state index in [1.54, 1.807) is 6.08 Å². The Balaban J connectivity index is 0.00000240. The molecule has 0 radical (unpaired) electrons. The number of primary amides is 1. The minimum Gasteiger partial charge on any atom is -0.484 e. The van der Waals surface area contributed by atoms with Gasteiger partial charge in [0.2, 0.25) is 5.91 Å². The molecule has 1 aliphatic heterocycles. The van der Waals surface area contributed by atoms with Gasteiger partial charge >= 0.3 is 0 Å². The maximum atomic E-state index is 13.9. The second-order valence-electron chi connectivity index (χ2n) is 6.69. The summed E-state index contributed by atoms with van der Waals surface area (Å²) in [4.78, 5) is 14.8. The van der Waals surface area contributed by atoms with Crippen LogP contribution in [0.15, 0.2) is 42.2 Å². The van der Waals surface area contributed by atoms with E-state index in [0.29, 0.717) is 17.1 Å². The molecule has 0 spiro atoms. The summed E-state index contributed by atoms with van der Waals surface area (Å²) in [5, 5.41) is 5.14. The molecule has 4 N–H and O–H groups in total. The Kier molecular flexibility index (Phi) is 6.35. The van der Waals surface area contributed by atoms with E-state index in [1.165, 1.54) is 17.7 Å². The van der Waals surface area contributed by atoms with Gasteiger partial charge in [-0.25, -0.2) is 4.39 Å². The average Bonchev–Trinajstić information content (AvgIpc) is 3.07. The predicted molar refractivity (Wildman–Crippen MR) is 115 cm³/mol. The molecule has 4 rings (SSSR count). The molecule has 5 nitrogen and oxygen atoms in total. The van der Waals surface area contributed by atoms with Gasteiger partial charge in [0.05, 0.1) is 5.56 Å². The normalized spacial score (nSPS) is 12.6. The van der Waals surface area contributed by atoms with Crippen molar-refractivity contribution in [3.8, 4) is 5.75 Å². The molecule has 29 heavy (non-hydrogen) atoms. The molecule has 0 saturated heterocycles. The number of carbonyl (C=O) groups excluding carboxylic acids is 1. The highest BCUT2D eigenvalue weighted by Crippen LogP contribution is 2.31. The average molecular weight is 436 g/mol. The third kappa shape index (κ3) is 4.33. The number of amides is 1. The highest BCUT2D eigenvalue weighted by molar-refractivity contribution is 6.31. The maximum absolute atomic E-state index is 13.9. The zero-order valence-electron chi connectivity index (χ0n) is 15.4.